The fourth-order valence-electron chi connectivity index (χ4n) is 2.93. The summed E-state index contributed by atoms with van der Waals surface area (Å²) in [5.41, 5.74) is -0.660. The Morgan fingerprint density at radius 1 is 1.15 bits per heavy atom. The van der Waals surface area contributed by atoms with E-state index in [1.807, 2.05) is 34.6 Å². The Kier molecular flexibility index (Phi) is 8.18. The van der Waals surface area contributed by atoms with Crippen LogP contribution in [0.4, 0.5) is 4.79 Å². The second-order valence-electron chi connectivity index (χ2n) is 8.89. The van der Waals surface area contributed by atoms with E-state index in [0.29, 0.717) is 12.0 Å². The maximum atomic E-state index is 12.0. The van der Waals surface area contributed by atoms with Crippen LogP contribution < -0.4 is 16.0 Å². The molecule has 0 saturated heterocycles. The van der Waals surface area contributed by atoms with Crippen molar-refractivity contribution in [3.63, 3.8) is 0 Å². The van der Waals surface area contributed by atoms with Gasteiger partial charge in [-0.2, -0.15) is 0 Å². The van der Waals surface area contributed by atoms with Crippen molar-refractivity contribution in [2.75, 3.05) is 33.9 Å². The van der Waals surface area contributed by atoms with Gasteiger partial charge < -0.3 is 25.4 Å². The molecule has 0 unspecified atom stereocenters. The van der Waals surface area contributed by atoms with Crippen LogP contribution in [0.15, 0.2) is 4.99 Å². The lowest BCUT2D eigenvalue weighted by Gasteiger charge is -2.42. The molecule has 7 nitrogen and oxygen atoms in total. The highest BCUT2D eigenvalue weighted by molar-refractivity contribution is 5.80. The van der Waals surface area contributed by atoms with E-state index in [4.69, 9.17) is 9.47 Å². The van der Waals surface area contributed by atoms with Gasteiger partial charge in [-0.25, -0.2) is 4.79 Å². The van der Waals surface area contributed by atoms with Gasteiger partial charge in [0.05, 0.1) is 5.54 Å². The molecule has 1 fully saturated rings. The average molecular weight is 371 g/mol. The zero-order valence-corrected chi connectivity index (χ0v) is 17.6. The molecule has 0 aromatic carbocycles. The molecule has 1 rings (SSSR count). The van der Waals surface area contributed by atoms with Crippen molar-refractivity contribution in [2.24, 2.45) is 10.4 Å². The van der Waals surface area contributed by atoms with Gasteiger partial charge in [-0.1, -0.05) is 6.42 Å². The van der Waals surface area contributed by atoms with Crippen LogP contribution >= 0.6 is 0 Å². The van der Waals surface area contributed by atoms with Crippen molar-refractivity contribution in [1.29, 1.82) is 0 Å². The van der Waals surface area contributed by atoms with Gasteiger partial charge in [0.25, 0.3) is 0 Å². The first-order valence-corrected chi connectivity index (χ1v) is 9.45. The van der Waals surface area contributed by atoms with Crippen LogP contribution in [-0.2, 0) is 9.47 Å². The lowest BCUT2D eigenvalue weighted by molar-refractivity contribution is 0.0474. The van der Waals surface area contributed by atoms with Crippen molar-refractivity contribution in [3.8, 4) is 0 Å². The zero-order valence-electron chi connectivity index (χ0n) is 17.6. The molecule has 1 amide bonds. The van der Waals surface area contributed by atoms with Crippen LogP contribution in [0.3, 0.4) is 0 Å². The van der Waals surface area contributed by atoms with E-state index in [1.54, 1.807) is 14.2 Å². The van der Waals surface area contributed by atoms with Crippen LogP contribution in [-0.4, -0.2) is 57.0 Å². The number of hydrogen-bond donors (Lipinski definition) is 3. The fourth-order valence-corrected chi connectivity index (χ4v) is 2.93. The number of nitrogens with one attached hydrogen (secondary N) is 3. The van der Waals surface area contributed by atoms with Crippen LogP contribution in [0.25, 0.3) is 0 Å². The number of nitrogens with zero attached hydrogens (tertiary/aromatic N) is 1. The third-order valence-electron chi connectivity index (χ3n) is 4.64. The summed E-state index contributed by atoms with van der Waals surface area (Å²) < 4.78 is 10.6. The summed E-state index contributed by atoms with van der Waals surface area (Å²) in [6.45, 7) is 11.7. The quantitative estimate of drug-likeness (QED) is 0.452. The van der Waals surface area contributed by atoms with E-state index in [-0.39, 0.29) is 0 Å². The molecule has 26 heavy (non-hydrogen) atoms. The Morgan fingerprint density at radius 3 is 2.27 bits per heavy atom. The van der Waals surface area contributed by atoms with E-state index < -0.39 is 17.2 Å². The van der Waals surface area contributed by atoms with Gasteiger partial charge in [0, 0.05) is 33.9 Å². The van der Waals surface area contributed by atoms with Crippen molar-refractivity contribution in [3.05, 3.63) is 0 Å². The third kappa shape index (κ3) is 8.25. The Balaban J connectivity index is 2.44. The second kappa shape index (κ2) is 9.44. The number of guanidine groups is 1. The van der Waals surface area contributed by atoms with Crippen molar-refractivity contribution >= 4 is 12.1 Å². The summed E-state index contributed by atoms with van der Waals surface area (Å²) in [7, 11) is 3.51. The maximum Gasteiger partial charge on any atom is 0.408 e. The molecule has 1 aliphatic carbocycles. The first-order chi connectivity index (χ1) is 12.0. The molecule has 152 valence electrons. The number of amides is 1. The Hall–Kier alpha value is -1.50. The average Bonchev–Trinajstić information content (AvgIpc) is 2.45. The van der Waals surface area contributed by atoms with Crippen molar-refractivity contribution in [1.82, 2.24) is 16.0 Å². The number of aliphatic imine (C=N–C) groups is 1. The van der Waals surface area contributed by atoms with Crippen LogP contribution in [0.1, 0.15) is 60.3 Å². The molecule has 0 bridgehead atoms. The predicted octanol–water partition coefficient (Wildman–Crippen LogP) is 2.66. The second-order valence-corrected chi connectivity index (χ2v) is 8.89. The van der Waals surface area contributed by atoms with Crippen molar-refractivity contribution in [2.45, 2.75) is 71.4 Å². The van der Waals surface area contributed by atoms with E-state index in [1.165, 1.54) is 19.3 Å². The summed E-state index contributed by atoms with van der Waals surface area (Å²) in [6, 6.07) is 0. The van der Waals surface area contributed by atoms with Gasteiger partial charge in [0.2, 0.25) is 0 Å². The summed E-state index contributed by atoms with van der Waals surface area (Å²) in [6.07, 6.45) is 4.39. The summed E-state index contributed by atoms with van der Waals surface area (Å²) in [5.74, 6) is 0.743. The topological polar surface area (TPSA) is 84.0 Å². The molecule has 1 saturated carbocycles. The molecule has 1 aliphatic rings. The van der Waals surface area contributed by atoms with Gasteiger partial charge in [-0.05, 0) is 59.3 Å². The first kappa shape index (κ1) is 22.5. The SMILES string of the molecule is CN=C(NCC1(CCOC)CCC1)NCC(C)(C)NC(=O)OC(C)(C)C. The van der Waals surface area contributed by atoms with E-state index in [2.05, 4.69) is 20.9 Å². The van der Waals surface area contributed by atoms with Gasteiger partial charge in [0.1, 0.15) is 5.60 Å². The molecule has 0 spiro atoms. The zero-order chi connectivity index (χ0) is 19.8. The van der Waals surface area contributed by atoms with Gasteiger partial charge in [0.15, 0.2) is 5.96 Å². The number of ether oxygens (including phenoxy) is 2. The maximum absolute atomic E-state index is 12.0. The predicted molar refractivity (Wildman–Crippen MR) is 106 cm³/mol. The number of hydrogen-bond acceptors (Lipinski definition) is 4. The normalized spacial score (nSPS) is 17.3. The molecule has 7 heteroatoms. The van der Waals surface area contributed by atoms with Crippen LogP contribution in [0.5, 0.6) is 0 Å². The summed E-state index contributed by atoms with van der Waals surface area (Å²) in [4.78, 5) is 16.3. The number of carbonyl (C=O) groups is 1. The molecule has 0 aliphatic heterocycles. The van der Waals surface area contributed by atoms with Gasteiger partial charge >= 0.3 is 6.09 Å². The van der Waals surface area contributed by atoms with Crippen molar-refractivity contribution < 1.29 is 14.3 Å². The van der Waals surface area contributed by atoms with Gasteiger partial charge in [-0.3, -0.25) is 4.99 Å². The van der Waals surface area contributed by atoms with Crippen LogP contribution in [0, 0.1) is 5.41 Å². The minimum atomic E-state index is -0.509. The molecular weight excluding hydrogens is 332 g/mol. The molecule has 0 aromatic heterocycles. The minimum Gasteiger partial charge on any atom is -0.444 e. The van der Waals surface area contributed by atoms with E-state index in [9.17, 15) is 4.79 Å². The summed E-state index contributed by atoms with van der Waals surface area (Å²) in [5, 5.41) is 9.61. The third-order valence-corrected chi connectivity index (χ3v) is 4.64. The van der Waals surface area contributed by atoms with Crippen LogP contribution in [0.2, 0.25) is 0 Å². The number of carbonyl (C=O) groups excluding carboxylic acids is 1. The Morgan fingerprint density at radius 2 is 1.81 bits per heavy atom. The van der Waals surface area contributed by atoms with E-state index >= 15 is 0 Å². The summed E-state index contributed by atoms with van der Waals surface area (Å²) >= 11 is 0. The molecule has 0 atom stereocenters. The van der Waals surface area contributed by atoms with E-state index in [0.717, 1.165) is 25.5 Å². The molecule has 0 aromatic rings. The molecule has 3 N–H and O–H groups in total. The smallest absolute Gasteiger partial charge is 0.408 e. The highest BCUT2D eigenvalue weighted by Crippen LogP contribution is 2.43. The largest absolute Gasteiger partial charge is 0.444 e. The van der Waals surface area contributed by atoms with Gasteiger partial charge in [-0.15, -0.1) is 0 Å². The molecule has 0 radical (unpaired) electrons. The lowest BCUT2D eigenvalue weighted by atomic mass is 9.67. The minimum absolute atomic E-state index is 0.317. The monoisotopic (exact) mass is 370 g/mol. The Labute approximate surface area is 158 Å². The lowest BCUT2D eigenvalue weighted by Crippen LogP contribution is -2.55. The standard InChI is InChI=1S/C19H38N4O3/c1-17(2,3)26-16(24)23-18(4,5)13-21-15(20-6)22-14-19(9-8-10-19)11-12-25-7/h8-14H2,1-7H3,(H,23,24)(H2,20,21,22). The highest BCUT2D eigenvalue weighted by atomic mass is 16.6. The first-order valence-electron chi connectivity index (χ1n) is 9.45. The Bertz CT molecular complexity index is 480. The fraction of sp³-hybridized carbons (Fsp3) is 0.895. The highest BCUT2D eigenvalue weighted by Gasteiger charge is 2.36. The number of alkyl carbamates (subject to hydrolysis) is 1. The number of methoxy groups -OCH3 is 1. The number of rotatable bonds is 8. The molecule has 0 heterocycles. The molecular formula is C19H38N4O3.